The Morgan fingerprint density at radius 2 is 1.69 bits per heavy atom. The Morgan fingerprint density at radius 3 is 2.08 bits per heavy atom. The summed E-state index contributed by atoms with van der Waals surface area (Å²) in [5, 5.41) is 2.67. The zero-order valence-corrected chi connectivity index (χ0v) is 9.68. The largest absolute Gasteiger partial charge is 0.326 e. The van der Waals surface area contributed by atoms with Crippen LogP contribution in [0.5, 0.6) is 0 Å². The summed E-state index contributed by atoms with van der Waals surface area (Å²) in [6.07, 6.45) is 0. The lowest BCUT2D eigenvalue weighted by atomic mass is 10.3. The van der Waals surface area contributed by atoms with Crippen LogP contribution in [0.4, 0.5) is 5.69 Å². The van der Waals surface area contributed by atoms with Crippen LogP contribution >= 0.6 is 15.9 Å². The molecule has 0 heterocycles. The molecular weight excluding hydrogens is 230 g/mol. The summed E-state index contributed by atoms with van der Waals surface area (Å²) in [5.74, 6) is -0.0488. The van der Waals surface area contributed by atoms with Gasteiger partial charge in [-0.2, -0.15) is 0 Å². The van der Waals surface area contributed by atoms with Crippen molar-refractivity contribution in [1.29, 1.82) is 0 Å². The van der Waals surface area contributed by atoms with Crippen molar-refractivity contribution in [3.8, 4) is 0 Å². The first-order valence-electron chi connectivity index (χ1n) is 4.21. The van der Waals surface area contributed by atoms with Gasteiger partial charge in [-0.05, 0) is 24.3 Å². The van der Waals surface area contributed by atoms with Crippen molar-refractivity contribution in [3.05, 3.63) is 28.7 Å². The summed E-state index contributed by atoms with van der Waals surface area (Å²) in [7, 11) is 0. The monoisotopic (exact) mass is 243 g/mol. The lowest BCUT2D eigenvalue weighted by molar-refractivity contribution is -0.114. The summed E-state index contributed by atoms with van der Waals surface area (Å²) in [4.78, 5) is 10.6. The average molecular weight is 244 g/mol. The van der Waals surface area contributed by atoms with Gasteiger partial charge in [0.25, 0.3) is 0 Å². The van der Waals surface area contributed by atoms with E-state index in [9.17, 15) is 4.79 Å². The number of hydrogen-bond donors (Lipinski definition) is 1. The van der Waals surface area contributed by atoms with E-state index < -0.39 is 0 Å². The molecule has 1 N–H and O–H groups in total. The second kappa shape index (κ2) is 6.66. The summed E-state index contributed by atoms with van der Waals surface area (Å²) < 4.78 is 1.01. The quantitative estimate of drug-likeness (QED) is 0.805. The molecule has 0 aliphatic rings. The molecule has 0 spiro atoms. The van der Waals surface area contributed by atoms with E-state index in [1.807, 2.05) is 38.1 Å². The molecular formula is C10H14BrNO. The number of benzene rings is 1. The van der Waals surface area contributed by atoms with Gasteiger partial charge in [0.1, 0.15) is 0 Å². The van der Waals surface area contributed by atoms with Gasteiger partial charge in [-0.3, -0.25) is 4.79 Å². The molecule has 0 atom stereocenters. The maximum absolute atomic E-state index is 10.6. The Labute approximate surface area is 87.5 Å². The van der Waals surface area contributed by atoms with Crippen LogP contribution in [0.2, 0.25) is 0 Å². The molecule has 0 saturated carbocycles. The lowest BCUT2D eigenvalue weighted by Gasteiger charge is -1.99. The molecule has 0 aliphatic heterocycles. The summed E-state index contributed by atoms with van der Waals surface area (Å²) in [5.41, 5.74) is 0.820. The number of amides is 1. The van der Waals surface area contributed by atoms with Crippen molar-refractivity contribution in [1.82, 2.24) is 0 Å². The smallest absolute Gasteiger partial charge is 0.221 e. The molecule has 1 rings (SSSR count). The van der Waals surface area contributed by atoms with Gasteiger partial charge in [0.15, 0.2) is 0 Å². The van der Waals surface area contributed by atoms with E-state index in [4.69, 9.17) is 0 Å². The highest BCUT2D eigenvalue weighted by Crippen LogP contribution is 2.13. The molecule has 0 unspecified atom stereocenters. The summed E-state index contributed by atoms with van der Waals surface area (Å²) in [6.45, 7) is 5.49. The van der Waals surface area contributed by atoms with Crippen LogP contribution in [0.25, 0.3) is 0 Å². The second-order valence-corrected chi connectivity index (χ2v) is 3.10. The molecule has 0 fully saturated rings. The van der Waals surface area contributed by atoms with E-state index in [1.54, 1.807) is 0 Å². The number of carbonyl (C=O) groups excluding carboxylic acids is 1. The van der Waals surface area contributed by atoms with Crippen LogP contribution in [0.15, 0.2) is 28.7 Å². The van der Waals surface area contributed by atoms with Gasteiger partial charge >= 0.3 is 0 Å². The predicted octanol–water partition coefficient (Wildman–Crippen LogP) is 3.43. The topological polar surface area (TPSA) is 29.1 Å². The highest BCUT2D eigenvalue weighted by atomic mass is 79.9. The van der Waals surface area contributed by atoms with Gasteiger partial charge in [-0.1, -0.05) is 29.8 Å². The second-order valence-electron chi connectivity index (χ2n) is 2.19. The Kier molecular flexibility index (Phi) is 6.24. The molecule has 0 radical (unpaired) electrons. The molecule has 1 aromatic rings. The normalized spacial score (nSPS) is 8.31. The van der Waals surface area contributed by atoms with Crippen molar-refractivity contribution in [2.24, 2.45) is 0 Å². The number of anilines is 1. The predicted molar refractivity (Wildman–Crippen MR) is 59.8 cm³/mol. The number of nitrogens with one attached hydrogen (secondary N) is 1. The Bertz CT molecular complexity index is 256. The Balaban J connectivity index is 0.000000671. The molecule has 0 aromatic heterocycles. The average Bonchev–Trinajstić information content (AvgIpc) is 2.12. The van der Waals surface area contributed by atoms with Gasteiger partial charge in [-0.25, -0.2) is 0 Å². The molecule has 13 heavy (non-hydrogen) atoms. The Hall–Kier alpha value is -0.830. The van der Waals surface area contributed by atoms with Crippen molar-refractivity contribution in [2.75, 3.05) is 5.32 Å². The molecule has 72 valence electrons. The van der Waals surface area contributed by atoms with Crippen molar-refractivity contribution < 1.29 is 4.79 Å². The highest BCUT2D eigenvalue weighted by molar-refractivity contribution is 9.10. The third kappa shape index (κ3) is 5.42. The van der Waals surface area contributed by atoms with Crippen molar-refractivity contribution in [3.63, 3.8) is 0 Å². The molecule has 1 amide bonds. The fourth-order valence-corrected chi connectivity index (χ4v) is 1.00. The summed E-state index contributed by atoms with van der Waals surface area (Å²) in [6, 6.07) is 7.44. The fraction of sp³-hybridized carbons (Fsp3) is 0.300. The van der Waals surface area contributed by atoms with E-state index in [2.05, 4.69) is 21.2 Å². The van der Waals surface area contributed by atoms with E-state index >= 15 is 0 Å². The van der Waals surface area contributed by atoms with Gasteiger partial charge in [0.05, 0.1) is 0 Å². The first-order valence-corrected chi connectivity index (χ1v) is 5.01. The SMILES string of the molecule is CC.CC(=O)Nc1ccc(Br)cc1. The lowest BCUT2D eigenvalue weighted by Crippen LogP contribution is -2.04. The summed E-state index contributed by atoms with van der Waals surface area (Å²) >= 11 is 3.30. The van der Waals surface area contributed by atoms with E-state index in [-0.39, 0.29) is 5.91 Å². The first-order chi connectivity index (χ1) is 6.18. The van der Waals surface area contributed by atoms with Crippen LogP contribution in [-0.4, -0.2) is 5.91 Å². The Morgan fingerprint density at radius 1 is 1.23 bits per heavy atom. The fourth-order valence-electron chi connectivity index (χ4n) is 0.736. The van der Waals surface area contributed by atoms with E-state index in [1.165, 1.54) is 6.92 Å². The zero-order chi connectivity index (χ0) is 10.3. The van der Waals surface area contributed by atoms with E-state index in [0.29, 0.717) is 0 Å². The third-order valence-corrected chi connectivity index (χ3v) is 1.69. The minimum Gasteiger partial charge on any atom is -0.326 e. The zero-order valence-electron chi connectivity index (χ0n) is 8.10. The van der Waals surface area contributed by atoms with E-state index in [0.717, 1.165) is 10.2 Å². The minimum absolute atomic E-state index is 0.0488. The highest BCUT2D eigenvalue weighted by Gasteiger charge is 1.92. The third-order valence-electron chi connectivity index (χ3n) is 1.16. The standard InChI is InChI=1S/C8H8BrNO.C2H6/c1-6(11)10-8-4-2-7(9)3-5-8;1-2/h2-5H,1H3,(H,10,11);1-2H3. The van der Waals surface area contributed by atoms with Crippen LogP contribution in [0.1, 0.15) is 20.8 Å². The van der Waals surface area contributed by atoms with Crippen molar-refractivity contribution >= 4 is 27.5 Å². The van der Waals surface area contributed by atoms with Gasteiger partial charge in [0, 0.05) is 17.1 Å². The minimum atomic E-state index is -0.0488. The number of carbonyl (C=O) groups is 1. The maximum atomic E-state index is 10.6. The van der Waals surface area contributed by atoms with Crippen LogP contribution in [0.3, 0.4) is 0 Å². The van der Waals surface area contributed by atoms with Gasteiger partial charge in [-0.15, -0.1) is 0 Å². The molecule has 0 bridgehead atoms. The number of halogens is 1. The number of hydrogen-bond acceptors (Lipinski definition) is 1. The van der Waals surface area contributed by atoms with Gasteiger partial charge in [0.2, 0.25) is 5.91 Å². The van der Waals surface area contributed by atoms with Crippen LogP contribution in [-0.2, 0) is 4.79 Å². The molecule has 0 saturated heterocycles. The molecule has 2 nitrogen and oxygen atoms in total. The number of rotatable bonds is 1. The molecule has 1 aromatic carbocycles. The first kappa shape index (κ1) is 12.2. The van der Waals surface area contributed by atoms with Gasteiger partial charge < -0.3 is 5.32 Å². The molecule has 3 heteroatoms. The maximum Gasteiger partial charge on any atom is 0.221 e. The molecule has 0 aliphatic carbocycles. The van der Waals surface area contributed by atoms with Crippen LogP contribution < -0.4 is 5.32 Å². The van der Waals surface area contributed by atoms with Crippen LogP contribution in [0, 0.1) is 0 Å². The van der Waals surface area contributed by atoms with Crippen molar-refractivity contribution in [2.45, 2.75) is 20.8 Å².